The molecule has 0 aliphatic carbocycles. The molecule has 116 valence electrons. The number of hydrogen-bond acceptors (Lipinski definition) is 4. The van der Waals surface area contributed by atoms with Gasteiger partial charge in [-0.3, -0.25) is 4.90 Å². The second-order valence-electron chi connectivity index (χ2n) is 5.54. The van der Waals surface area contributed by atoms with E-state index in [1.807, 2.05) is 0 Å². The van der Waals surface area contributed by atoms with Crippen LogP contribution in [-0.2, 0) is 10.0 Å². The summed E-state index contributed by atoms with van der Waals surface area (Å²) >= 11 is 5.90. The molecule has 0 spiro atoms. The third-order valence-electron chi connectivity index (χ3n) is 4.26. The predicted molar refractivity (Wildman–Crippen MR) is 83.1 cm³/mol. The van der Waals surface area contributed by atoms with Gasteiger partial charge in [-0.05, 0) is 31.2 Å². The van der Waals surface area contributed by atoms with Crippen LogP contribution in [0.4, 0.5) is 0 Å². The fraction of sp³-hybridized carbons (Fsp3) is 0.571. The average Bonchev–Trinajstić information content (AvgIpc) is 3.02. The topological polar surface area (TPSA) is 52.7 Å². The third kappa shape index (κ3) is 3.24. The van der Waals surface area contributed by atoms with E-state index < -0.39 is 10.0 Å². The Labute approximate surface area is 130 Å². The smallest absolute Gasteiger partial charge is 0.243 e. The minimum atomic E-state index is -3.42. The summed E-state index contributed by atoms with van der Waals surface area (Å²) in [7, 11) is -3.42. The SMILES string of the molecule is O=S(=O)(c1cccc(Cl)c1)N1CCN(C2CCNC2)CC1. The van der Waals surface area contributed by atoms with E-state index in [4.69, 9.17) is 11.6 Å². The van der Waals surface area contributed by atoms with Gasteiger partial charge in [-0.25, -0.2) is 8.42 Å². The zero-order valence-electron chi connectivity index (χ0n) is 11.8. The second-order valence-corrected chi connectivity index (χ2v) is 7.92. The van der Waals surface area contributed by atoms with Gasteiger partial charge in [0.1, 0.15) is 0 Å². The number of hydrogen-bond donors (Lipinski definition) is 1. The lowest BCUT2D eigenvalue weighted by atomic mass is 10.2. The van der Waals surface area contributed by atoms with Crippen molar-refractivity contribution in [2.24, 2.45) is 0 Å². The molecule has 2 heterocycles. The Morgan fingerprint density at radius 3 is 2.57 bits per heavy atom. The Hall–Kier alpha value is -0.660. The summed E-state index contributed by atoms with van der Waals surface area (Å²) in [6, 6.07) is 7.04. The molecular weight excluding hydrogens is 310 g/mol. The van der Waals surface area contributed by atoms with Gasteiger partial charge < -0.3 is 5.32 Å². The van der Waals surface area contributed by atoms with Gasteiger partial charge in [-0.2, -0.15) is 4.31 Å². The fourth-order valence-corrected chi connectivity index (χ4v) is 4.76. The van der Waals surface area contributed by atoms with Crippen LogP contribution in [0, 0.1) is 0 Å². The summed E-state index contributed by atoms with van der Waals surface area (Å²) < 4.78 is 26.8. The summed E-state index contributed by atoms with van der Waals surface area (Å²) in [4.78, 5) is 2.68. The van der Waals surface area contributed by atoms with E-state index in [1.165, 1.54) is 6.07 Å². The zero-order valence-corrected chi connectivity index (χ0v) is 13.4. The van der Waals surface area contributed by atoms with Gasteiger partial charge >= 0.3 is 0 Å². The molecule has 5 nitrogen and oxygen atoms in total. The van der Waals surface area contributed by atoms with E-state index in [2.05, 4.69) is 10.2 Å². The van der Waals surface area contributed by atoms with Gasteiger partial charge in [0.25, 0.3) is 0 Å². The van der Waals surface area contributed by atoms with Crippen molar-refractivity contribution in [1.29, 1.82) is 0 Å². The Bertz CT molecular complexity index is 594. The van der Waals surface area contributed by atoms with Gasteiger partial charge in [-0.15, -0.1) is 0 Å². The number of piperazine rings is 1. The number of sulfonamides is 1. The van der Waals surface area contributed by atoms with Crippen molar-refractivity contribution in [3.63, 3.8) is 0 Å². The minimum absolute atomic E-state index is 0.283. The highest BCUT2D eigenvalue weighted by atomic mass is 35.5. The highest BCUT2D eigenvalue weighted by Crippen LogP contribution is 2.22. The maximum atomic E-state index is 12.6. The van der Waals surface area contributed by atoms with Crippen molar-refractivity contribution in [1.82, 2.24) is 14.5 Å². The third-order valence-corrected chi connectivity index (χ3v) is 6.39. The molecule has 1 aromatic rings. The molecule has 0 radical (unpaired) electrons. The number of halogens is 1. The van der Waals surface area contributed by atoms with Gasteiger partial charge in [-0.1, -0.05) is 17.7 Å². The van der Waals surface area contributed by atoms with E-state index in [1.54, 1.807) is 22.5 Å². The Morgan fingerprint density at radius 1 is 1.19 bits per heavy atom. The standard InChI is InChI=1S/C14H20ClN3O2S/c15-12-2-1-3-14(10-12)21(19,20)18-8-6-17(7-9-18)13-4-5-16-11-13/h1-3,10,13,16H,4-9,11H2. The molecule has 7 heteroatoms. The average molecular weight is 330 g/mol. The van der Waals surface area contributed by atoms with Gasteiger partial charge in [0.15, 0.2) is 0 Å². The van der Waals surface area contributed by atoms with Crippen molar-refractivity contribution in [3.8, 4) is 0 Å². The lowest BCUT2D eigenvalue weighted by molar-refractivity contribution is 0.145. The molecule has 2 aliphatic heterocycles. The largest absolute Gasteiger partial charge is 0.315 e. The molecule has 0 amide bonds. The van der Waals surface area contributed by atoms with Gasteiger partial charge in [0, 0.05) is 43.8 Å². The van der Waals surface area contributed by atoms with Crippen LogP contribution < -0.4 is 5.32 Å². The number of rotatable bonds is 3. The Kier molecular flexibility index (Phi) is 4.51. The van der Waals surface area contributed by atoms with Crippen LogP contribution >= 0.6 is 11.6 Å². The van der Waals surface area contributed by atoms with Gasteiger partial charge in [0.2, 0.25) is 10.0 Å². The fourth-order valence-electron chi connectivity index (χ4n) is 3.04. The molecule has 2 fully saturated rings. The molecule has 1 unspecified atom stereocenters. The quantitative estimate of drug-likeness (QED) is 0.899. The highest BCUT2D eigenvalue weighted by Gasteiger charge is 2.31. The normalized spacial score (nSPS) is 25.3. The molecule has 2 saturated heterocycles. The van der Waals surface area contributed by atoms with E-state index in [0.717, 1.165) is 32.6 Å². The lowest BCUT2D eigenvalue weighted by Gasteiger charge is -2.37. The summed E-state index contributed by atoms with van der Waals surface area (Å²) in [5.74, 6) is 0. The lowest BCUT2D eigenvalue weighted by Crippen LogP contribution is -2.52. The monoisotopic (exact) mass is 329 g/mol. The number of nitrogens with one attached hydrogen (secondary N) is 1. The molecule has 1 aromatic carbocycles. The maximum absolute atomic E-state index is 12.6. The van der Waals surface area contributed by atoms with Crippen molar-refractivity contribution in [3.05, 3.63) is 29.3 Å². The van der Waals surface area contributed by atoms with Crippen LogP contribution in [0.15, 0.2) is 29.2 Å². The number of nitrogens with zero attached hydrogens (tertiary/aromatic N) is 2. The molecule has 1 N–H and O–H groups in total. The van der Waals surface area contributed by atoms with E-state index in [9.17, 15) is 8.42 Å². The van der Waals surface area contributed by atoms with Crippen molar-refractivity contribution in [2.75, 3.05) is 39.3 Å². The molecule has 0 saturated carbocycles. The molecular formula is C14H20ClN3O2S. The molecule has 1 atom stereocenters. The summed E-state index contributed by atoms with van der Waals surface area (Å²) in [6.45, 7) is 4.77. The van der Waals surface area contributed by atoms with Crippen molar-refractivity contribution < 1.29 is 8.42 Å². The minimum Gasteiger partial charge on any atom is -0.315 e. The molecule has 3 rings (SSSR count). The van der Waals surface area contributed by atoms with E-state index >= 15 is 0 Å². The summed E-state index contributed by atoms with van der Waals surface area (Å²) in [6.07, 6.45) is 1.15. The summed E-state index contributed by atoms with van der Waals surface area (Å²) in [5, 5.41) is 3.81. The Morgan fingerprint density at radius 2 is 1.95 bits per heavy atom. The first-order valence-electron chi connectivity index (χ1n) is 7.28. The van der Waals surface area contributed by atoms with Crippen LogP contribution in [0.1, 0.15) is 6.42 Å². The van der Waals surface area contributed by atoms with Crippen LogP contribution in [0.3, 0.4) is 0 Å². The molecule has 0 aromatic heterocycles. The molecule has 21 heavy (non-hydrogen) atoms. The van der Waals surface area contributed by atoms with E-state index in [0.29, 0.717) is 24.2 Å². The van der Waals surface area contributed by atoms with Crippen LogP contribution in [0.5, 0.6) is 0 Å². The second kappa shape index (κ2) is 6.22. The first-order valence-corrected chi connectivity index (χ1v) is 9.10. The Balaban J connectivity index is 1.68. The van der Waals surface area contributed by atoms with Crippen LogP contribution in [0.25, 0.3) is 0 Å². The predicted octanol–water partition coefficient (Wildman–Crippen LogP) is 1.01. The zero-order chi connectivity index (χ0) is 14.9. The molecule has 2 aliphatic rings. The highest BCUT2D eigenvalue weighted by molar-refractivity contribution is 7.89. The van der Waals surface area contributed by atoms with E-state index in [-0.39, 0.29) is 4.90 Å². The first-order chi connectivity index (χ1) is 10.1. The van der Waals surface area contributed by atoms with Gasteiger partial charge in [0.05, 0.1) is 4.90 Å². The van der Waals surface area contributed by atoms with Crippen molar-refractivity contribution >= 4 is 21.6 Å². The number of benzene rings is 1. The summed E-state index contributed by atoms with van der Waals surface area (Å²) in [5.41, 5.74) is 0. The molecule has 0 bridgehead atoms. The first kappa shape index (κ1) is 15.2. The maximum Gasteiger partial charge on any atom is 0.243 e. The van der Waals surface area contributed by atoms with Crippen LogP contribution in [0.2, 0.25) is 5.02 Å². The van der Waals surface area contributed by atoms with Crippen LogP contribution in [-0.4, -0.2) is 62.9 Å². The van der Waals surface area contributed by atoms with Crippen molar-refractivity contribution in [2.45, 2.75) is 17.4 Å².